The molecule has 0 saturated carbocycles. The molecular weight excluding hydrogens is 360 g/mol. The summed E-state index contributed by atoms with van der Waals surface area (Å²) in [4.78, 5) is 0. The summed E-state index contributed by atoms with van der Waals surface area (Å²) in [5.74, 6) is 0. The van der Waals surface area contributed by atoms with Crippen LogP contribution in [0.5, 0.6) is 0 Å². The van der Waals surface area contributed by atoms with Gasteiger partial charge in [0.1, 0.15) is 24.4 Å². The van der Waals surface area contributed by atoms with Gasteiger partial charge >= 0.3 is 0 Å². The molecule has 0 bridgehead atoms. The van der Waals surface area contributed by atoms with Crippen LogP contribution in [0.15, 0.2) is 48.5 Å². The largest absolute Gasteiger partial charge is 0.370 e. The number of benzene rings is 2. The van der Waals surface area contributed by atoms with Crippen LogP contribution in [0.25, 0.3) is 0 Å². The molecule has 2 saturated heterocycles. The van der Waals surface area contributed by atoms with Crippen molar-refractivity contribution in [1.82, 2.24) is 0 Å². The molecule has 0 radical (unpaired) electrons. The number of rotatable bonds is 12. The summed E-state index contributed by atoms with van der Waals surface area (Å²) >= 11 is 0. The minimum absolute atomic E-state index is 0.0370. The molecular formula is C26H34O3. The molecule has 2 heterocycles. The smallest absolute Gasteiger partial charge is 0.112 e. The van der Waals surface area contributed by atoms with Crippen LogP contribution in [0.2, 0.25) is 0 Å². The van der Waals surface area contributed by atoms with Crippen LogP contribution in [0.4, 0.5) is 0 Å². The van der Waals surface area contributed by atoms with Gasteiger partial charge < -0.3 is 14.2 Å². The molecule has 0 aromatic heterocycles. The second kappa shape index (κ2) is 9.88. The molecule has 2 fully saturated rings. The van der Waals surface area contributed by atoms with E-state index in [9.17, 15) is 0 Å². The van der Waals surface area contributed by atoms with Gasteiger partial charge in [0.2, 0.25) is 0 Å². The first-order chi connectivity index (χ1) is 14.3. The zero-order chi connectivity index (χ0) is 20.1. The van der Waals surface area contributed by atoms with Gasteiger partial charge in [-0.05, 0) is 47.9 Å². The first kappa shape index (κ1) is 20.6. The Hall–Kier alpha value is -1.68. The van der Waals surface area contributed by atoms with Gasteiger partial charge in [-0.25, -0.2) is 0 Å². The van der Waals surface area contributed by atoms with E-state index in [4.69, 9.17) is 14.2 Å². The summed E-state index contributed by atoms with van der Waals surface area (Å²) in [5.41, 5.74) is 5.24. The van der Waals surface area contributed by atoms with Crippen LogP contribution >= 0.6 is 0 Å². The van der Waals surface area contributed by atoms with Crippen molar-refractivity contribution < 1.29 is 14.2 Å². The number of hydrogen-bond acceptors (Lipinski definition) is 3. The van der Waals surface area contributed by atoms with Gasteiger partial charge in [0.25, 0.3) is 0 Å². The Kier molecular flexibility index (Phi) is 7.02. The van der Waals surface area contributed by atoms with E-state index in [0.29, 0.717) is 0 Å². The normalized spacial score (nSPS) is 22.3. The highest BCUT2D eigenvalue weighted by atomic mass is 16.6. The Labute approximate surface area is 175 Å². The minimum atomic E-state index is -0.0370. The van der Waals surface area contributed by atoms with Gasteiger partial charge in [-0.3, -0.25) is 0 Å². The number of unbranched alkanes of at least 4 members (excludes halogenated alkanes) is 2. The van der Waals surface area contributed by atoms with Crippen molar-refractivity contribution in [2.24, 2.45) is 0 Å². The molecule has 2 aromatic carbocycles. The molecule has 2 aromatic rings. The molecule has 29 heavy (non-hydrogen) atoms. The Balaban J connectivity index is 1.53. The lowest BCUT2D eigenvalue weighted by Gasteiger charge is -2.24. The maximum atomic E-state index is 6.74. The lowest BCUT2D eigenvalue weighted by Crippen LogP contribution is -2.19. The van der Waals surface area contributed by atoms with E-state index in [0.717, 1.165) is 26.1 Å². The monoisotopic (exact) mass is 394 g/mol. The lowest BCUT2D eigenvalue weighted by atomic mass is 9.98. The molecule has 2 aliphatic rings. The van der Waals surface area contributed by atoms with Gasteiger partial charge in [-0.2, -0.15) is 0 Å². The van der Waals surface area contributed by atoms with Crippen molar-refractivity contribution >= 4 is 0 Å². The lowest BCUT2D eigenvalue weighted by molar-refractivity contribution is -0.0419. The standard InChI is InChI=1S/C26H34O3/c1-3-5-9-19-11-7-13-21(15-19)25(23-17-27-23)29-26(24-18-28-24)22-14-8-12-20(16-22)10-6-4-2/h7-8,11-16,23-26H,3-6,9-10,17-18H2,1-2H3. The summed E-state index contributed by atoms with van der Waals surface area (Å²) in [6, 6.07) is 17.8. The molecule has 4 rings (SSSR count). The zero-order valence-corrected chi connectivity index (χ0v) is 17.8. The summed E-state index contributed by atoms with van der Waals surface area (Å²) < 4.78 is 18.1. The van der Waals surface area contributed by atoms with Crippen LogP contribution in [0.1, 0.15) is 74.0 Å². The fraction of sp³-hybridized carbons (Fsp3) is 0.538. The topological polar surface area (TPSA) is 34.3 Å². The highest BCUT2D eigenvalue weighted by Gasteiger charge is 2.42. The van der Waals surface area contributed by atoms with Crippen LogP contribution in [-0.2, 0) is 27.1 Å². The maximum Gasteiger partial charge on any atom is 0.112 e. The van der Waals surface area contributed by atoms with Crippen LogP contribution in [0.3, 0.4) is 0 Å². The molecule has 156 valence electrons. The highest BCUT2D eigenvalue weighted by Crippen LogP contribution is 2.40. The second-order valence-corrected chi connectivity index (χ2v) is 8.42. The van der Waals surface area contributed by atoms with Crippen molar-refractivity contribution in [3.8, 4) is 0 Å². The number of epoxide rings is 2. The van der Waals surface area contributed by atoms with Crippen molar-refractivity contribution in [1.29, 1.82) is 0 Å². The van der Waals surface area contributed by atoms with E-state index < -0.39 is 0 Å². The molecule has 0 aliphatic carbocycles. The van der Waals surface area contributed by atoms with E-state index in [1.54, 1.807) is 0 Å². The third-order valence-electron chi connectivity index (χ3n) is 5.88. The fourth-order valence-electron chi connectivity index (χ4n) is 3.99. The second-order valence-electron chi connectivity index (χ2n) is 8.42. The van der Waals surface area contributed by atoms with Crippen molar-refractivity contribution in [3.05, 3.63) is 70.8 Å². The van der Waals surface area contributed by atoms with Gasteiger partial charge in [0.05, 0.1) is 13.2 Å². The van der Waals surface area contributed by atoms with Crippen LogP contribution < -0.4 is 0 Å². The Morgan fingerprint density at radius 1 is 0.793 bits per heavy atom. The van der Waals surface area contributed by atoms with E-state index >= 15 is 0 Å². The van der Waals surface area contributed by atoms with Gasteiger partial charge in [-0.1, -0.05) is 75.2 Å². The quantitative estimate of drug-likeness (QED) is 0.416. The molecule has 2 aliphatic heterocycles. The van der Waals surface area contributed by atoms with Crippen LogP contribution in [-0.4, -0.2) is 25.4 Å². The zero-order valence-electron chi connectivity index (χ0n) is 17.8. The average molecular weight is 395 g/mol. The number of aryl methyl sites for hydroxylation is 2. The highest BCUT2D eigenvalue weighted by molar-refractivity contribution is 5.29. The Bertz CT molecular complexity index is 714. The first-order valence-corrected chi connectivity index (χ1v) is 11.3. The molecule has 0 N–H and O–H groups in total. The Morgan fingerprint density at radius 2 is 1.24 bits per heavy atom. The maximum absolute atomic E-state index is 6.74. The van der Waals surface area contributed by atoms with E-state index in [2.05, 4.69) is 62.4 Å². The van der Waals surface area contributed by atoms with E-state index in [-0.39, 0.29) is 24.4 Å². The summed E-state index contributed by atoms with van der Waals surface area (Å²) in [5, 5.41) is 0. The average Bonchev–Trinajstić information content (AvgIpc) is 3.65. The number of hydrogen-bond donors (Lipinski definition) is 0. The Morgan fingerprint density at radius 3 is 1.62 bits per heavy atom. The third-order valence-corrected chi connectivity index (χ3v) is 5.88. The van der Waals surface area contributed by atoms with Gasteiger partial charge in [-0.15, -0.1) is 0 Å². The summed E-state index contributed by atoms with van der Waals surface area (Å²) in [6.45, 7) is 6.03. The van der Waals surface area contributed by atoms with Crippen molar-refractivity contribution in [2.75, 3.05) is 13.2 Å². The van der Waals surface area contributed by atoms with E-state index in [1.807, 2.05) is 0 Å². The third kappa shape index (κ3) is 5.69. The van der Waals surface area contributed by atoms with Crippen molar-refractivity contribution in [3.63, 3.8) is 0 Å². The predicted molar refractivity (Wildman–Crippen MR) is 116 cm³/mol. The van der Waals surface area contributed by atoms with E-state index in [1.165, 1.54) is 47.9 Å². The minimum Gasteiger partial charge on any atom is -0.370 e. The molecule has 4 unspecified atom stereocenters. The molecule has 0 spiro atoms. The fourth-order valence-corrected chi connectivity index (χ4v) is 3.99. The molecule has 4 atom stereocenters. The van der Waals surface area contributed by atoms with Crippen molar-refractivity contribution in [2.45, 2.75) is 76.8 Å². The molecule has 3 nitrogen and oxygen atoms in total. The summed E-state index contributed by atoms with van der Waals surface area (Å²) in [7, 11) is 0. The number of ether oxygens (including phenoxy) is 3. The first-order valence-electron chi connectivity index (χ1n) is 11.3. The SMILES string of the molecule is CCCCc1cccc(C(OC(c2cccc(CCCC)c2)C2CO2)C2CO2)c1. The predicted octanol–water partition coefficient (Wildman–Crippen LogP) is 5.97. The molecule has 3 heteroatoms. The summed E-state index contributed by atoms with van der Waals surface area (Å²) in [6.07, 6.45) is 7.35. The molecule has 0 amide bonds. The van der Waals surface area contributed by atoms with Gasteiger partial charge in [0, 0.05) is 0 Å². The van der Waals surface area contributed by atoms with Crippen LogP contribution in [0, 0.1) is 0 Å². The van der Waals surface area contributed by atoms with Gasteiger partial charge in [0.15, 0.2) is 0 Å².